The summed E-state index contributed by atoms with van der Waals surface area (Å²) in [6.45, 7) is 0. The van der Waals surface area contributed by atoms with E-state index in [1.54, 1.807) is 25.3 Å². The van der Waals surface area contributed by atoms with Crippen molar-refractivity contribution in [3.05, 3.63) is 58.9 Å². The van der Waals surface area contributed by atoms with E-state index < -0.39 is 0 Å². The molecule has 0 aliphatic rings. The van der Waals surface area contributed by atoms with Crippen LogP contribution in [0.3, 0.4) is 0 Å². The second-order valence-electron chi connectivity index (χ2n) is 5.46. The molecule has 0 aliphatic heterocycles. The van der Waals surface area contributed by atoms with E-state index in [1.165, 1.54) is 16.0 Å². The van der Waals surface area contributed by atoms with Crippen molar-refractivity contribution in [1.29, 1.82) is 0 Å². The summed E-state index contributed by atoms with van der Waals surface area (Å²) in [6, 6.07) is 15.2. The standard InChI is InChI=1S/C18H14ClN5OS/c1-25-15-8-7-12(19)9-14(15)24-17(20)16(22-23-24)18-21-13(10-26-18)11-5-3-2-4-6-11/h2-10H,20H2,1H3. The molecule has 2 heterocycles. The van der Waals surface area contributed by atoms with Gasteiger partial charge in [0, 0.05) is 16.0 Å². The number of methoxy groups -OCH3 is 1. The number of halogens is 1. The maximum Gasteiger partial charge on any atom is 0.165 e. The van der Waals surface area contributed by atoms with Gasteiger partial charge in [-0.1, -0.05) is 47.1 Å². The Labute approximate surface area is 158 Å². The van der Waals surface area contributed by atoms with Gasteiger partial charge in [0.05, 0.1) is 12.8 Å². The van der Waals surface area contributed by atoms with Gasteiger partial charge in [-0.25, -0.2) is 4.98 Å². The molecule has 0 spiro atoms. The highest BCUT2D eigenvalue weighted by atomic mass is 35.5. The highest BCUT2D eigenvalue weighted by Gasteiger charge is 2.19. The zero-order valence-corrected chi connectivity index (χ0v) is 15.3. The first-order valence-corrected chi connectivity index (χ1v) is 8.99. The summed E-state index contributed by atoms with van der Waals surface area (Å²) in [6.07, 6.45) is 0. The number of rotatable bonds is 4. The molecule has 26 heavy (non-hydrogen) atoms. The summed E-state index contributed by atoms with van der Waals surface area (Å²) in [4.78, 5) is 4.64. The zero-order valence-electron chi connectivity index (χ0n) is 13.8. The lowest BCUT2D eigenvalue weighted by Gasteiger charge is -2.09. The first-order valence-electron chi connectivity index (χ1n) is 7.74. The molecule has 0 saturated carbocycles. The Hall–Kier alpha value is -2.90. The number of hydrogen-bond donors (Lipinski definition) is 1. The maximum absolute atomic E-state index is 6.29. The van der Waals surface area contributed by atoms with Crippen LogP contribution in [-0.4, -0.2) is 27.1 Å². The summed E-state index contributed by atoms with van der Waals surface area (Å²) in [5, 5.41) is 11.6. The second kappa shape index (κ2) is 6.78. The van der Waals surface area contributed by atoms with Gasteiger partial charge in [-0.05, 0) is 18.2 Å². The molecule has 0 atom stereocenters. The van der Waals surface area contributed by atoms with Crippen LogP contribution in [-0.2, 0) is 0 Å². The van der Waals surface area contributed by atoms with Crippen LogP contribution >= 0.6 is 22.9 Å². The number of thiazole rings is 1. The normalized spacial score (nSPS) is 10.8. The van der Waals surface area contributed by atoms with E-state index in [1.807, 2.05) is 35.7 Å². The fourth-order valence-electron chi connectivity index (χ4n) is 2.57. The fraction of sp³-hybridized carbons (Fsp3) is 0.0556. The lowest BCUT2D eigenvalue weighted by molar-refractivity contribution is 0.411. The maximum atomic E-state index is 6.29. The number of benzene rings is 2. The third kappa shape index (κ3) is 2.91. The number of ether oxygens (including phenoxy) is 1. The second-order valence-corrected chi connectivity index (χ2v) is 6.75. The predicted molar refractivity (Wildman–Crippen MR) is 104 cm³/mol. The summed E-state index contributed by atoms with van der Waals surface area (Å²) in [5.74, 6) is 0.973. The lowest BCUT2D eigenvalue weighted by atomic mass is 10.2. The summed E-state index contributed by atoms with van der Waals surface area (Å²) < 4.78 is 6.87. The zero-order chi connectivity index (χ0) is 18.1. The van der Waals surface area contributed by atoms with E-state index >= 15 is 0 Å². The van der Waals surface area contributed by atoms with Gasteiger partial charge in [0.25, 0.3) is 0 Å². The Morgan fingerprint density at radius 3 is 2.73 bits per heavy atom. The Balaban J connectivity index is 1.75. The molecule has 4 aromatic rings. The quantitative estimate of drug-likeness (QED) is 0.568. The molecule has 0 amide bonds. The van der Waals surface area contributed by atoms with Gasteiger partial charge in [-0.3, -0.25) is 0 Å². The minimum absolute atomic E-state index is 0.375. The lowest BCUT2D eigenvalue weighted by Crippen LogP contribution is -2.04. The van der Waals surface area contributed by atoms with E-state index in [9.17, 15) is 0 Å². The van der Waals surface area contributed by atoms with Gasteiger partial charge in [-0.2, -0.15) is 4.68 Å². The molecular formula is C18H14ClN5OS. The molecule has 2 aromatic heterocycles. The van der Waals surface area contributed by atoms with E-state index in [0.29, 0.717) is 33.0 Å². The van der Waals surface area contributed by atoms with Crippen molar-refractivity contribution < 1.29 is 4.74 Å². The van der Waals surface area contributed by atoms with Crippen molar-refractivity contribution in [3.63, 3.8) is 0 Å². The fourth-order valence-corrected chi connectivity index (χ4v) is 3.56. The van der Waals surface area contributed by atoms with Gasteiger partial charge >= 0.3 is 0 Å². The summed E-state index contributed by atoms with van der Waals surface area (Å²) in [5.41, 5.74) is 9.36. The van der Waals surface area contributed by atoms with Crippen molar-refractivity contribution in [2.24, 2.45) is 0 Å². The molecule has 0 radical (unpaired) electrons. The Kier molecular flexibility index (Phi) is 4.32. The number of anilines is 1. The largest absolute Gasteiger partial charge is 0.494 e. The van der Waals surface area contributed by atoms with Crippen LogP contribution in [0.2, 0.25) is 5.02 Å². The summed E-state index contributed by atoms with van der Waals surface area (Å²) >= 11 is 7.57. The van der Waals surface area contributed by atoms with Gasteiger partial charge in [-0.15, -0.1) is 16.4 Å². The average Bonchev–Trinajstić information content (AvgIpc) is 3.29. The third-order valence-corrected chi connectivity index (χ3v) is 4.93. The minimum atomic E-state index is 0.375. The van der Waals surface area contributed by atoms with E-state index in [2.05, 4.69) is 15.3 Å². The van der Waals surface area contributed by atoms with Gasteiger partial charge in [0.1, 0.15) is 16.4 Å². The number of hydrogen-bond acceptors (Lipinski definition) is 6. The highest BCUT2D eigenvalue weighted by molar-refractivity contribution is 7.13. The molecule has 2 aromatic carbocycles. The van der Waals surface area contributed by atoms with E-state index in [0.717, 1.165) is 11.3 Å². The number of nitrogens with two attached hydrogens (primary N) is 1. The molecule has 0 aliphatic carbocycles. The molecule has 0 saturated heterocycles. The first kappa shape index (κ1) is 16.6. The average molecular weight is 384 g/mol. The molecule has 0 unspecified atom stereocenters. The van der Waals surface area contributed by atoms with Crippen molar-refractivity contribution in [2.45, 2.75) is 0 Å². The number of aromatic nitrogens is 4. The van der Waals surface area contributed by atoms with Crippen molar-refractivity contribution in [1.82, 2.24) is 20.0 Å². The van der Waals surface area contributed by atoms with Crippen LogP contribution in [0.4, 0.5) is 5.82 Å². The summed E-state index contributed by atoms with van der Waals surface area (Å²) in [7, 11) is 1.58. The molecule has 2 N–H and O–H groups in total. The van der Waals surface area contributed by atoms with Crippen LogP contribution in [0.25, 0.3) is 27.6 Å². The van der Waals surface area contributed by atoms with Gasteiger partial charge in [0.2, 0.25) is 0 Å². The van der Waals surface area contributed by atoms with Crippen molar-refractivity contribution in [2.75, 3.05) is 12.8 Å². The van der Waals surface area contributed by atoms with Crippen LogP contribution in [0.15, 0.2) is 53.9 Å². The number of nitrogen functional groups attached to an aromatic ring is 1. The third-order valence-electron chi connectivity index (χ3n) is 3.85. The first-order chi connectivity index (χ1) is 12.7. The molecular weight excluding hydrogens is 370 g/mol. The van der Waals surface area contributed by atoms with E-state index in [4.69, 9.17) is 22.1 Å². The van der Waals surface area contributed by atoms with Crippen molar-refractivity contribution in [3.8, 4) is 33.4 Å². The monoisotopic (exact) mass is 383 g/mol. The predicted octanol–water partition coefficient (Wildman–Crippen LogP) is 4.30. The molecule has 130 valence electrons. The molecule has 4 rings (SSSR count). The Morgan fingerprint density at radius 1 is 1.15 bits per heavy atom. The van der Waals surface area contributed by atoms with Gasteiger partial charge < -0.3 is 10.5 Å². The topological polar surface area (TPSA) is 78.8 Å². The van der Waals surface area contributed by atoms with Crippen LogP contribution in [0.1, 0.15) is 0 Å². The molecule has 8 heteroatoms. The van der Waals surface area contributed by atoms with Crippen LogP contribution in [0.5, 0.6) is 5.75 Å². The SMILES string of the molecule is COc1ccc(Cl)cc1-n1nnc(-c2nc(-c3ccccc3)cs2)c1N. The molecule has 0 bridgehead atoms. The number of nitrogens with zero attached hydrogens (tertiary/aromatic N) is 4. The van der Waals surface area contributed by atoms with Crippen LogP contribution in [0, 0.1) is 0 Å². The van der Waals surface area contributed by atoms with Crippen molar-refractivity contribution >= 4 is 28.8 Å². The molecule has 0 fully saturated rings. The van der Waals surface area contributed by atoms with Crippen LogP contribution < -0.4 is 10.5 Å². The minimum Gasteiger partial charge on any atom is -0.494 e. The van der Waals surface area contributed by atoms with E-state index in [-0.39, 0.29) is 0 Å². The Morgan fingerprint density at radius 2 is 1.96 bits per heavy atom. The Bertz CT molecular complexity index is 1060. The molecule has 6 nitrogen and oxygen atoms in total. The van der Waals surface area contributed by atoms with Gasteiger partial charge in [0.15, 0.2) is 11.5 Å². The smallest absolute Gasteiger partial charge is 0.165 e. The highest BCUT2D eigenvalue weighted by Crippen LogP contribution is 2.34.